The molecule has 0 unspecified atom stereocenters. The molecule has 0 fully saturated rings. The topological polar surface area (TPSA) is 73.1 Å². The molecule has 3 aromatic rings. The summed E-state index contributed by atoms with van der Waals surface area (Å²) in [5.74, 6) is 1.71. The van der Waals surface area contributed by atoms with E-state index in [0.29, 0.717) is 19.7 Å². The first-order valence-corrected chi connectivity index (χ1v) is 8.10. The van der Waals surface area contributed by atoms with Crippen LogP contribution >= 0.6 is 11.3 Å². The Morgan fingerprint density at radius 3 is 2.77 bits per heavy atom. The maximum atomic E-state index is 5.57. The number of fused-ring (bicyclic) bond motifs is 1. The number of anilines is 1. The highest BCUT2D eigenvalue weighted by Crippen LogP contribution is 2.36. The van der Waals surface area contributed by atoms with Gasteiger partial charge in [-0.15, -0.1) is 11.3 Å². The highest BCUT2D eigenvalue weighted by molar-refractivity contribution is 7.17. The molecule has 0 aliphatic rings. The summed E-state index contributed by atoms with van der Waals surface area (Å²) in [6.45, 7) is 3.90. The number of benzene rings is 1. The molecule has 2 aromatic heterocycles. The zero-order valence-corrected chi connectivity index (χ0v) is 13.2. The average Bonchev–Trinajstić information content (AvgIpc) is 2.99. The summed E-state index contributed by atoms with van der Waals surface area (Å²) < 4.78 is 5.49. The van der Waals surface area contributed by atoms with Crippen LogP contribution in [0.2, 0.25) is 0 Å². The third-order valence-electron chi connectivity index (χ3n) is 3.28. The molecule has 6 heteroatoms. The minimum absolute atomic E-state index is 0.564. The standard InChI is InChI=1S/C16H18N4OS/c1-2-21-12-5-3-11(4-6-12)13-9-22-16-14(13)15(18-8-7-17)19-10-20-16/h3-6,9-10H,2,7-8,17H2,1H3,(H,18,19,20). The van der Waals surface area contributed by atoms with Crippen molar-refractivity contribution >= 4 is 27.4 Å². The second-order valence-corrected chi connectivity index (χ2v) is 5.58. The molecule has 22 heavy (non-hydrogen) atoms. The number of hydrogen-bond donors (Lipinski definition) is 2. The minimum Gasteiger partial charge on any atom is -0.494 e. The van der Waals surface area contributed by atoms with E-state index in [4.69, 9.17) is 10.5 Å². The van der Waals surface area contributed by atoms with Crippen LogP contribution in [0.1, 0.15) is 6.92 Å². The van der Waals surface area contributed by atoms with Gasteiger partial charge in [0, 0.05) is 24.0 Å². The third-order valence-corrected chi connectivity index (χ3v) is 4.17. The first kappa shape index (κ1) is 14.7. The third kappa shape index (κ3) is 2.88. The smallest absolute Gasteiger partial charge is 0.138 e. The lowest BCUT2D eigenvalue weighted by molar-refractivity contribution is 0.340. The molecular weight excluding hydrogens is 296 g/mol. The van der Waals surface area contributed by atoms with E-state index in [1.807, 2.05) is 19.1 Å². The molecule has 0 saturated carbocycles. The Morgan fingerprint density at radius 1 is 1.23 bits per heavy atom. The van der Waals surface area contributed by atoms with Gasteiger partial charge in [0.05, 0.1) is 12.0 Å². The molecule has 3 N–H and O–H groups in total. The summed E-state index contributed by atoms with van der Waals surface area (Å²) in [6.07, 6.45) is 1.58. The Labute approximate surface area is 133 Å². The first-order valence-electron chi connectivity index (χ1n) is 7.23. The normalized spacial score (nSPS) is 10.8. The van der Waals surface area contributed by atoms with Crippen LogP contribution in [-0.2, 0) is 0 Å². The average molecular weight is 314 g/mol. The lowest BCUT2D eigenvalue weighted by atomic mass is 10.1. The molecular formula is C16H18N4OS. The summed E-state index contributed by atoms with van der Waals surface area (Å²) in [6, 6.07) is 8.09. The molecule has 0 aliphatic carbocycles. The predicted octanol–water partition coefficient (Wildman–Crippen LogP) is 3.13. The van der Waals surface area contributed by atoms with Crippen molar-refractivity contribution in [2.75, 3.05) is 25.0 Å². The highest BCUT2D eigenvalue weighted by Gasteiger charge is 2.12. The summed E-state index contributed by atoms with van der Waals surface area (Å²) in [4.78, 5) is 9.68. The van der Waals surface area contributed by atoms with Gasteiger partial charge >= 0.3 is 0 Å². The number of nitrogens with one attached hydrogen (secondary N) is 1. The van der Waals surface area contributed by atoms with Crippen molar-refractivity contribution in [2.45, 2.75) is 6.92 Å². The van der Waals surface area contributed by atoms with E-state index in [-0.39, 0.29) is 0 Å². The van der Waals surface area contributed by atoms with E-state index >= 15 is 0 Å². The zero-order chi connectivity index (χ0) is 15.4. The van der Waals surface area contributed by atoms with E-state index in [2.05, 4.69) is 32.8 Å². The van der Waals surface area contributed by atoms with Crippen molar-refractivity contribution in [3.63, 3.8) is 0 Å². The summed E-state index contributed by atoms with van der Waals surface area (Å²) in [5.41, 5.74) is 7.83. The van der Waals surface area contributed by atoms with E-state index in [1.165, 1.54) is 0 Å². The van der Waals surface area contributed by atoms with Gasteiger partial charge in [-0.2, -0.15) is 0 Å². The van der Waals surface area contributed by atoms with Gasteiger partial charge < -0.3 is 15.8 Å². The van der Waals surface area contributed by atoms with Crippen LogP contribution in [0.3, 0.4) is 0 Å². The fraction of sp³-hybridized carbons (Fsp3) is 0.250. The van der Waals surface area contributed by atoms with Crippen LogP contribution in [0.15, 0.2) is 36.0 Å². The molecule has 1 aromatic carbocycles. The zero-order valence-electron chi connectivity index (χ0n) is 12.4. The van der Waals surface area contributed by atoms with Crippen molar-refractivity contribution in [1.82, 2.24) is 9.97 Å². The number of nitrogens with zero attached hydrogens (tertiary/aromatic N) is 2. The Balaban J connectivity index is 2.02. The Hall–Kier alpha value is -2.18. The quantitative estimate of drug-likeness (QED) is 0.731. The van der Waals surface area contributed by atoms with E-state index in [1.54, 1.807) is 17.7 Å². The molecule has 0 saturated heterocycles. The number of hydrogen-bond acceptors (Lipinski definition) is 6. The molecule has 3 rings (SSSR count). The molecule has 0 aliphatic heterocycles. The summed E-state index contributed by atoms with van der Waals surface area (Å²) in [7, 11) is 0. The van der Waals surface area contributed by atoms with Crippen LogP contribution < -0.4 is 15.8 Å². The molecule has 0 bridgehead atoms. The van der Waals surface area contributed by atoms with Crippen LogP contribution in [0.25, 0.3) is 21.3 Å². The predicted molar refractivity (Wildman–Crippen MR) is 91.6 cm³/mol. The molecule has 0 amide bonds. The fourth-order valence-corrected chi connectivity index (χ4v) is 3.23. The minimum atomic E-state index is 0.564. The number of aromatic nitrogens is 2. The highest BCUT2D eigenvalue weighted by atomic mass is 32.1. The van der Waals surface area contributed by atoms with Gasteiger partial charge in [0.2, 0.25) is 0 Å². The maximum absolute atomic E-state index is 5.57. The van der Waals surface area contributed by atoms with Gasteiger partial charge in [-0.3, -0.25) is 0 Å². The number of ether oxygens (including phenoxy) is 1. The maximum Gasteiger partial charge on any atom is 0.138 e. The van der Waals surface area contributed by atoms with E-state index in [9.17, 15) is 0 Å². The lowest BCUT2D eigenvalue weighted by Crippen LogP contribution is -2.14. The SMILES string of the molecule is CCOc1ccc(-c2csc3ncnc(NCCN)c23)cc1. The van der Waals surface area contributed by atoms with Gasteiger partial charge in [0.1, 0.15) is 22.7 Å². The van der Waals surface area contributed by atoms with Gasteiger partial charge in [-0.05, 0) is 24.6 Å². The Morgan fingerprint density at radius 2 is 2.05 bits per heavy atom. The Bertz CT molecular complexity index is 754. The number of rotatable bonds is 6. The molecule has 0 spiro atoms. The number of nitrogens with two attached hydrogens (primary N) is 1. The molecule has 0 atom stereocenters. The second kappa shape index (κ2) is 6.72. The van der Waals surface area contributed by atoms with Crippen LogP contribution in [-0.4, -0.2) is 29.7 Å². The summed E-state index contributed by atoms with van der Waals surface area (Å²) in [5, 5.41) is 6.43. The van der Waals surface area contributed by atoms with Crippen molar-refractivity contribution in [1.29, 1.82) is 0 Å². The number of thiophene rings is 1. The van der Waals surface area contributed by atoms with Crippen LogP contribution in [0, 0.1) is 0 Å². The monoisotopic (exact) mass is 314 g/mol. The Kier molecular flexibility index (Phi) is 4.50. The van der Waals surface area contributed by atoms with Gasteiger partial charge in [0.25, 0.3) is 0 Å². The van der Waals surface area contributed by atoms with Crippen molar-refractivity contribution in [3.05, 3.63) is 36.0 Å². The van der Waals surface area contributed by atoms with E-state index in [0.717, 1.165) is 32.9 Å². The van der Waals surface area contributed by atoms with Gasteiger partial charge in [-0.25, -0.2) is 9.97 Å². The molecule has 2 heterocycles. The first-order chi connectivity index (χ1) is 10.8. The molecule has 114 valence electrons. The summed E-state index contributed by atoms with van der Waals surface area (Å²) >= 11 is 1.62. The van der Waals surface area contributed by atoms with E-state index < -0.39 is 0 Å². The van der Waals surface area contributed by atoms with Gasteiger partial charge in [0.15, 0.2) is 0 Å². The van der Waals surface area contributed by atoms with Crippen LogP contribution in [0.4, 0.5) is 5.82 Å². The second-order valence-electron chi connectivity index (χ2n) is 4.72. The van der Waals surface area contributed by atoms with Crippen molar-refractivity contribution < 1.29 is 4.74 Å². The van der Waals surface area contributed by atoms with Gasteiger partial charge in [-0.1, -0.05) is 12.1 Å². The molecule has 0 radical (unpaired) electrons. The largest absolute Gasteiger partial charge is 0.494 e. The lowest BCUT2D eigenvalue weighted by Gasteiger charge is -2.08. The fourth-order valence-electron chi connectivity index (χ4n) is 2.31. The molecule has 5 nitrogen and oxygen atoms in total. The van der Waals surface area contributed by atoms with Crippen molar-refractivity contribution in [2.24, 2.45) is 5.73 Å². The van der Waals surface area contributed by atoms with Crippen molar-refractivity contribution in [3.8, 4) is 16.9 Å². The van der Waals surface area contributed by atoms with Crippen LogP contribution in [0.5, 0.6) is 5.75 Å².